The first-order valence-electron chi connectivity index (χ1n) is 10.4. The first-order valence-corrected chi connectivity index (χ1v) is 10.4. The van der Waals surface area contributed by atoms with Crippen LogP contribution in [0.25, 0.3) is 0 Å². The van der Waals surface area contributed by atoms with Crippen LogP contribution in [0.1, 0.15) is 28.8 Å². The minimum atomic E-state index is -0.134. The summed E-state index contributed by atoms with van der Waals surface area (Å²) in [4.78, 5) is 14.3. The summed E-state index contributed by atoms with van der Waals surface area (Å²) < 4.78 is 6.04. The van der Waals surface area contributed by atoms with Gasteiger partial charge in [-0.1, -0.05) is 48.5 Å². The summed E-state index contributed by atoms with van der Waals surface area (Å²) in [7, 11) is 0. The Labute approximate surface area is 161 Å². The van der Waals surface area contributed by atoms with Crippen LogP contribution in [-0.2, 0) is 11.2 Å². The second-order valence-corrected chi connectivity index (χ2v) is 8.61. The smallest absolute Gasteiger partial charge is 0.338 e. The van der Waals surface area contributed by atoms with Gasteiger partial charge < -0.3 is 9.64 Å². The minimum Gasteiger partial charge on any atom is -0.458 e. The Morgan fingerprint density at radius 3 is 2.07 bits per heavy atom. The van der Waals surface area contributed by atoms with Crippen LogP contribution in [0.3, 0.4) is 0 Å². The second kappa shape index (κ2) is 7.12. The van der Waals surface area contributed by atoms with Gasteiger partial charge >= 0.3 is 5.97 Å². The molecule has 2 saturated carbocycles. The van der Waals surface area contributed by atoms with E-state index in [1.807, 2.05) is 30.3 Å². The molecular weight excluding hydrogens is 334 g/mol. The zero-order valence-electron chi connectivity index (χ0n) is 15.7. The minimum absolute atomic E-state index is 0.134. The molecule has 1 saturated heterocycles. The van der Waals surface area contributed by atoms with Gasteiger partial charge in [-0.15, -0.1) is 0 Å². The SMILES string of the molecule is O=C(OC1[C@H]2CC[C@@H]1[C@@H]1C[NH+](CCc3ccccc3)C[C@H]12)c1ccccc1. The van der Waals surface area contributed by atoms with Gasteiger partial charge in [0.2, 0.25) is 0 Å². The maximum Gasteiger partial charge on any atom is 0.338 e. The predicted octanol–water partition coefficient (Wildman–Crippen LogP) is 2.63. The van der Waals surface area contributed by atoms with E-state index in [0.717, 1.165) is 18.3 Å². The summed E-state index contributed by atoms with van der Waals surface area (Å²) in [6.45, 7) is 3.75. The molecule has 1 aliphatic heterocycles. The average molecular weight is 362 g/mol. The molecule has 1 heterocycles. The Morgan fingerprint density at radius 2 is 1.44 bits per heavy atom. The Balaban J connectivity index is 1.20. The van der Waals surface area contributed by atoms with E-state index in [0.29, 0.717) is 17.4 Å². The number of likely N-dealkylation sites (tertiary alicyclic amines) is 1. The summed E-state index contributed by atoms with van der Waals surface area (Å²) in [5.74, 6) is 2.54. The highest BCUT2D eigenvalue weighted by Crippen LogP contribution is 2.54. The summed E-state index contributed by atoms with van der Waals surface area (Å²) in [5, 5.41) is 0. The molecule has 3 aliphatic rings. The van der Waals surface area contributed by atoms with Crippen LogP contribution in [-0.4, -0.2) is 31.7 Å². The van der Waals surface area contributed by atoms with E-state index in [1.54, 1.807) is 4.90 Å². The molecule has 3 heteroatoms. The van der Waals surface area contributed by atoms with Gasteiger partial charge in [-0.3, -0.25) is 0 Å². The number of carbonyl (C=O) groups is 1. The van der Waals surface area contributed by atoms with Crippen LogP contribution in [0.5, 0.6) is 0 Å². The van der Waals surface area contributed by atoms with Gasteiger partial charge in [-0.2, -0.15) is 0 Å². The van der Waals surface area contributed by atoms with Crippen LogP contribution in [0.15, 0.2) is 60.7 Å². The number of rotatable bonds is 5. The normalized spacial score (nSPS) is 33.8. The quantitative estimate of drug-likeness (QED) is 0.829. The van der Waals surface area contributed by atoms with Crippen molar-refractivity contribution in [2.45, 2.75) is 25.4 Å². The molecule has 1 N–H and O–H groups in total. The van der Waals surface area contributed by atoms with Crippen molar-refractivity contribution in [1.82, 2.24) is 0 Å². The topological polar surface area (TPSA) is 30.7 Å². The maximum absolute atomic E-state index is 12.5. The molecule has 2 aromatic rings. The van der Waals surface area contributed by atoms with Gasteiger partial charge in [-0.25, -0.2) is 4.79 Å². The van der Waals surface area contributed by atoms with E-state index in [-0.39, 0.29) is 12.1 Å². The van der Waals surface area contributed by atoms with E-state index < -0.39 is 0 Å². The van der Waals surface area contributed by atoms with Crippen LogP contribution >= 0.6 is 0 Å². The van der Waals surface area contributed by atoms with Crippen molar-refractivity contribution in [3.05, 3.63) is 71.8 Å². The number of carbonyl (C=O) groups excluding carboxylic acids is 1. The van der Waals surface area contributed by atoms with E-state index in [2.05, 4.69) is 30.3 Å². The lowest BCUT2D eigenvalue weighted by molar-refractivity contribution is -0.890. The molecule has 140 valence electrons. The van der Waals surface area contributed by atoms with Crippen LogP contribution in [0, 0.1) is 23.7 Å². The Bertz CT molecular complexity index is 771. The van der Waals surface area contributed by atoms with Crippen molar-refractivity contribution in [3.63, 3.8) is 0 Å². The lowest BCUT2D eigenvalue weighted by Crippen LogP contribution is -3.11. The van der Waals surface area contributed by atoms with E-state index >= 15 is 0 Å². The second-order valence-electron chi connectivity index (χ2n) is 8.61. The molecule has 3 fully saturated rings. The molecular formula is C24H28NO2+. The monoisotopic (exact) mass is 362 g/mol. The number of ether oxygens (including phenoxy) is 1. The third-order valence-corrected chi connectivity index (χ3v) is 7.24. The first kappa shape index (κ1) is 17.0. The fourth-order valence-electron chi connectivity index (χ4n) is 6.05. The van der Waals surface area contributed by atoms with Gasteiger partial charge in [0, 0.05) is 30.1 Å². The lowest BCUT2D eigenvalue weighted by atomic mass is 9.82. The van der Waals surface area contributed by atoms with Crippen LogP contribution in [0.2, 0.25) is 0 Å². The number of fused-ring (bicyclic) bond motifs is 5. The molecule has 0 spiro atoms. The molecule has 6 atom stereocenters. The van der Waals surface area contributed by atoms with E-state index in [9.17, 15) is 4.79 Å². The molecule has 2 aromatic carbocycles. The number of hydrogen-bond donors (Lipinski definition) is 1. The van der Waals surface area contributed by atoms with Crippen molar-refractivity contribution >= 4 is 5.97 Å². The molecule has 0 aromatic heterocycles. The zero-order chi connectivity index (χ0) is 18.2. The third kappa shape index (κ3) is 3.19. The molecule has 0 amide bonds. The standard InChI is InChI=1S/C24H27NO2/c26-24(18-9-5-2-6-10-18)27-23-19-11-12-20(23)22-16-25(15-21(19)22)14-13-17-7-3-1-4-8-17/h1-10,19-23H,11-16H2/p+1/t19-,20+,21-,22-,23?/m0/s1. The van der Waals surface area contributed by atoms with Gasteiger partial charge in [0.15, 0.2) is 0 Å². The maximum atomic E-state index is 12.5. The van der Waals surface area contributed by atoms with Crippen molar-refractivity contribution in [1.29, 1.82) is 0 Å². The molecule has 2 aliphatic carbocycles. The lowest BCUT2D eigenvalue weighted by Gasteiger charge is -2.22. The molecule has 5 rings (SSSR count). The van der Waals surface area contributed by atoms with Crippen molar-refractivity contribution < 1.29 is 14.4 Å². The van der Waals surface area contributed by atoms with Gasteiger partial charge in [0.05, 0.1) is 25.2 Å². The number of hydrogen-bond acceptors (Lipinski definition) is 2. The van der Waals surface area contributed by atoms with E-state index in [1.165, 1.54) is 38.0 Å². The van der Waals surface area contributed by atoms with Gasteiger partial charge in [0.1, 0.15) is 6.10 Å². The molecule has 2 unspecified atom stereocenters. The van der Waals surface area contributed by atoms with Gasteiger partial charge in [0.25, 0.3) is 0 Å². The summed E-state index contributed by atoms with van der Waals surface area (Å²) in [6, 6.07) is 20.3. The van der Waals surface area contributed by atoms with Crippen molar-refractivity contribution in [2.24, 2.45) is 23.7 Å². The zero-order valence-corrected chi connectivity index (χ0v) is 15.7. The number of benzene rings is 2. The highest BCUT2D eigenvalue weighted by atomic mass is 16.5. The molecule has 2 bridgehead atoms. The number of esters is 1. The molecule has 3 nitrogen and oxygen atoms in total. The number of quaternary nitrogens is 1. The highest BCUT2D eigenvalue weighted by molar-refractivity contribution is 5.89. The van der Waals surface area contributed by atoms with Crippen molar-refractivity contribution in [2.75, 3.05) is 19.6 Å². The fourth-order valence-corrected chi connectivity index (χ4v) is 6.05. The Morgan fingerprint density at radius 1 is 0.852 bits per heavy atom. The van der Waals surface area contributed by atoms with Crippen molar-refractivity contribution in [3.8, 4) is 0 Å². The Kier molecular flexibility index (Phi) is 4.48. The highest BCUT2D eigenvalue weighted by Gasteiger charge is 2.60. The summed E-state index contributed by atoms with van der Waals surface area (Å²) >= 11 is 0. The average Bonchev–Trinajstić information content (AvgIpc) is 3.38. The van der Waals surface area contributed by atoms with Crippen LogP contribution < -0.4 is 4.90 Å². The third-order valence-electron chi connectivity index (χ3n) is 7.24. The predicted molar refractivity (Wildman–Crippen MR) is 105 cm³/mol. The number of nitrogens with one attached hydrogen (secondary N) is 1. The summed E-state index contributed by atoms with van der Waals surface area (Å²) in [6.07, 6.45) is 3.80. The molecule has 0 radical (unpaired) electrons. The summed E-state index contributed by atoms with van der Waals surface area (Å²) in [5.41, 5.74) is 2.13. The Hall–Kier alpha value is -2.13. The van der Waals surface area contributed by atoms with E-state index in [4.69, 9.17) is 4.74 Å². The van der Waals surface area contributed by atoms with Gasteiger partial charge in [-0.05, 0) is 30.5 Å². The fraction of sp³-hybridized carbons (Fsp3) is 0.458. The first-order chi connectivity index (χ1) is 13.3. The van der Waals surface area contributed by atoms with Crippen LogP contribution in [0.4, 0.5) is 0 Å². The molecule has 27 heavy (non-hydrogen) atoms. The largest absolute Gasteiger partial charge is 0.458 e.